The van der Waals surface area contributed by atoms with Gasteiger partial charge in [0.05, 0.1) is 4.92 Å². The highest BCUT2D eigenvalue weighted by Gasteiger charge is 2.19. The van der Waals surface area contributed by atoms with Crippen molar-refractivity contribution in [2.45, 2.75) is 26.2 Å². The molecule has 0 amide bonds. The summed E-state index contributed by atoms with van der Waals surface area (Å²) in [6.45, 7) is 5.98. The minimum Gasteiger partial charge on any atom is -0.340 e. The van der Waals surface area contributed by atoms with Crippen LogP contribution in [-0.2, 0) is 5.41 Å². The number of aromatic nitrogens is 2. The van der Waals surface area contributed by atoms with E-state index in [1.165, 1.54) is 12.1 Å². The van der Waals surface area contributed by atoms with E-state index in [0.29, 0.717) is 22.5 Å². The molecule has 0 aliphatic carbocycles. The molecular formula is C14H15ClN4O2. The lowest BCUT2D eigenvalue weighted by Crippen LogP contribution is -2.16. The van der Waals surface area contributed by atoms with Crippen LogP contribution >= 0.6 is 11.6 Å². The summed E-state index contributed by atoms with van der Waals surface area (Å²) in [4.78, 5) is 18.8. The van der Waals surface area contributed by atoms with Crippen molar-refractivity contribution in [2.75, 3.05) is 5.32 Å². The molecule has 1 heterocycles. The van der Waals surface area contributed by atoms with Gasteiger partial charge < -0.3 is 5.32 Å². The normalized spacial score (nSPS) is 11.2. The summed E-state index contributed by atoms with van der Waals surface area (Å²) in [7, 11) is 0. The topological polar surface area (TPSA) is 81.0 Å². The predicted octanol–water partition coefficient (Wildman–Crippen LogP) is 4.08. The second-order valence-electron chi connectivity index (χ2n) is 5.58. The van der Waals surface area contributed by atoms with E-state index in [0.717, 1.165) is 0 Å². The minimum atomic E-state index is -0.441. The molecule has 1 N–H and O–H groups in total. The molecule has 0 spiro atoms. The van der Waals surface area contributed by atoms with E-state index in [1.807, 2.05) is 20.8 Å². The standard InChI is InChI=1S/C14H15ClN4O2/c1-14(2,3)13-17-11(15)8-12(18-13)16-9-4-6-10(7-5-9)19(20)21/h4-8H,1-3H3,(H,16,17,18). The SMILES string of the molecule is CC(C)(C)c1nc(Cl)cc(Nc2ccc([N+](=O)[O-])cc2)n1. The zero-order chi connectivity index (χ0) is 15.6. The van der Waals surface area contributed by atoms with Crippen LogP contribution in [-0.4, -0.2) is 14.9 Å². The number of hydrogen-bond acceptors (Lipinski definition) is 5. The fourth-order valence-corrected chi connectivity index (χ4v) is 1.81. The van der Waals surface area contributed by atoms with E-state index in [2.05, 4.69) is 15.3 Å². The first-order valence-corrected chi connectivity index (χ1v) is 6.70. The molecule has 0 unspecified atom stereocenters. The number of benzene rings is 1. The van der Waals surface area contributed by atoms with Crippen molar-refractivity contribution in [1.82, 2.24) is 9.97 Å². The number of nitro benzene ring substituents is 1. The van der Waals surface area contributed by atoms with Crippen LogP contribution in [0, 0.1) is 10.1 Å². The van der Waals surface area contributed by atoms with E-state index >= 15 is 0 Å². The lowest BCUT2D eigenvalue weighted by molar-refractivity contribution is -0.384. The Hall–Kier alpha value is -2.21. The zero-order valence-corrected chi connectivity index (χ0v) is 12.7. The molecule has 21 heavy (non-hydrogen) atoms. The van der Waals surface area contributed by atoms with Crippen molar-refractivity contribution in [3.63, 3.8) is 0 Å². The first-order chi connectivity index (χ1) is 9.75. The van der Waals surface area contributed by atoms with Gasteiger partial charge in [-0.25, -0.2) is 9.97 Å². The highest BCUT2D eigenvalue weighted by molar-refractivity contribution is 6.29. The van der Waals surface area contributed by atoms with Crippen molar-refractivity contribution < 1.29 is 4.92 Å². The van der Waals surface area contributed by atoms with Gasteiger partial charge in [-0.3, -0.25) is 10.1 Å². The van der Waals surface area contributed by atoms with Crippen molar-refractivity contribution in [2.24, 2.45) is 0 Å². The molecule has 110 valence electrons. The van der Waals surface area contributed by atoms with Crippen LogP contribution in [0.3, 0.4) is 0 Å². The molecule has 0 radical (unpaired) electrons. The minimum absolute atomic E-state index is 0.0386. The quantitative estimate of drug-likeness (QED) is 0.525. The fraction of sp³-hybridized carbons (Fsp3) is 0.286. The molecular weight excluding hydrogens is 292 g/mol. The Morgan fingerprint density at radius 2 is 1.81 bits per heavy atom. The lowest BCUT2D eigenvalue weighted by Gasteiger charge is -2.17. The second kappa shape index (κ2) is 5.65. The number of nitrogens with zero attached hydrogens (tertiary/aromatic N) is 3. The van der Waals surface area contributed by atoms with Crippen LogP contribution in [0.15, 0.2) is 30.3 Å². The Balaban J connectivity index is 2.27. The number of halogens is 1. The Morgan fingerprint density at radius 1 is 1.19 bits per heavy atom. The molecule has 1 aromatic carbocycles. The maximum atomic E-state index is 10.6. The smallest absolute Gasteiger partial charge is 0.269 e. The monoisotopic (exact) mass is 306 g/mol. The van der Waals surface area contributed by atoms with Crippen LogP contribution in [0.2, 0.25) is 5.15 Å². The van der Waals surface area contributed by atoms with E-state index in [9.17, 15) is 10.1 Å². The number of nitrogens with one attached hydrogen (secondary N) is 1. The summed E-state index contributed by atoms with van der Waals surface area (Å²) in [5, 5.41) is 14.0. The van der Waals surface area contributed by atoms with Crippen LogP contribution in [0.25, 0.3) is 0 Å². The molecule has 0 atom stereocenters. The van der Waals surface area contributed by atoms with Gasteiger partial charge in [-0.1, -0.05) is 32.4 Å². The van der Waals surface area contributed by atoms with E-state index in [1.54, 1.807) is 18.2 Å². The van der Waals surface area contributed by atoms with Gasteiger partial charge in [-0.05, 0) is 12.1 Å². The van der Waals surface area contributed by atoms with E-state index < -0.39 is 4.92 Å². The highest BCUT2D eigenvalue weighted by atomic mass is 35.5. The summed E-state index contributed by atoms with van der Waals surface area (Å²) in [5.41, 5.74) is 0.503. The van der Waals surface area contributed by atoms with Crippen molar-refractivity contribution in [1.29, 1.82) is 0 Å². The van der Waals surface area contributed by atoms with Crippen molar-refractivity contribution in [3.8, 4) is 0 Å². The zero-order valence-electron chi connectivity index (χ0n) is 11.9. The molecule has 1 aromatic heterocycles. The van der Waals surface area contributed by atoms with E-state index in [4.69, 9.17) is 11.6 Å². The number of nitro groups is 1. The van der Waals surface area contributed by atoms with Gasteiger partial charge >= 0.3 is 0 Å². The Labute approximate surface area is 127 Å². The van der Waals surface area contributed by atoms with Gasteiger partial charge in [0.2, 0.25) is 0 Å². The van der Waals surface area contributed by atoms with Gasteiger partial charge in [0.25, 0.3) is 5.69 Å². The molecule has 0 saturated heterocycles. The van der Waals surface area contributed by atoms with Crippen LogP contribution in [0.4, 0.5) is 17.2 Å². The maximum absolute atomic E-state index is 10.6. The second-order valence-corrected chi connectivity index (χ2v) is 5.97. The average molecular weight is 307 g/mol. The molecule has 7 heteroatoms. The lowest BCUT2D eigenvalue weighted by atomic mass is 9.96. The van der Waals surface area contributed by atoms with Gasteiger partial charge in [-0.2, -0.15) is 0 Å². The largest absolute Gasteiger partial charge is 0.340 e. The Kier molecular flexibility index (Phi) is 4.09. The Morgan fingerprint density at radius 3 is 2.33 bits per heavy atom. The molecule has 2 aromatic rings. The maximum Gasteiger partial charge on any atom is 0.269 e. The van der Waals surface area contributed by atoms with Crippen LogP contribution in [0.1, 0.15) is 26.6 Å². The first-order valence-electron chi connectivity index (χ1n) is 6.32. The predicted molar refractivity (Wildman–Crippen MR) is 82.1 cm³/mol. The molecule has 6 nitrogen and oxygen atoms in total. The first kappa shape index (κ1) is 15.2. The summed E-state index contributed by atoms with van der Waals surface area (Å²) < 4.78 is 0. The average Bonchev–Trinajstić information content (AvgIpc) is 2.37. The molecule has 0 saturated carbocycles. The van der Waals surface area contributed by atoms with Crippen LogP contribution < -0.4 is 5.32 Å². The molecule has 0 aliphatic rings. The van der Waals surface area contributed by atoms with Gasteiger partial charge in [0.1, 0.15) is 16.8 Å². The summed E-state index contributed by atoms with van der Waals surface area (Å²) in [5.74, 6) is 1.17. The third kappa shape index (κ3) is 3.88. The molecule has 0 aliphatic heterocycles. The fourth-order valence-electron chi connectivity index (χ4n) is 1.63. The molecule has 0 fully saturated rings. The van der Waals surface area contributed by atoms with Gasteiger partial charge in [-0.15, -0.1) is 0 Å². The summed E-state index contributed by atoms with van der Waals surface area (Å²) in [6.07, 6.45) is 0. The van der Waals surface area contributed by atoms with Crippen molar-refractivity contribution >= 4 is 28.8 Å². The number of rotatable bonds is 3. The van der Waals surface area contributed by atoms with Gasteiger partial charge in [0.15, 0.2) is 0 Å². The number of non-ortho nitro benzene ring substituents is 1. The van der Waals surface area contributed by atoms with Crippen LogP contribution in [0.5, 0.6) is 0 Å². The highest BCUT2D eigenvalue weighted by Crippen LogP contribution is 2.24. The molecule has 2 rings (SSSR count). The third-order valence-electron chi connectivity index (χ3n) is 2.72. The van der Waals surface area contributed by atoms with Crippen molar-refractivity contribution in [3.05, 3.63) is 51.4 Å². The number of hydrogen-bond donors (Lipinski definition) is 1. The van der Waals surface area contributed by atoms with Gasteiger partial charge in [0, 0.05) is 29.3 Å². The number of anilines is 2. The third-order valence-corrected chi connectivity index (χ3v) is 2.91. The van der Waals surface area contributed by atoms with E-state index in [-0.39, 0.29) is 11.1 Å². The molecule has 0 bridgehead atoms. The Bertz CT molecular complexity index is 666. The summed E-state index contributed by atoms with van der Waals surface area (Å²) in [6, 6.07) is 7.69. The summed E-state index contributed by atoms with van der Waals surface area (Å²) >= 11 is 6.01.